The summed E-state index contributed by atoms with van der Waals surface area (Å²) in [5, 5.41) is 2.79. The van der Waals surface area contributed by atoms with Crippen LogP contribution in [0, 0.1) is 5.92 Å². The van der Waals surface area contributed by atoms with Gasteiger partial charge in [0.1, 0.15) is 0 Å². The molecule has 29 heavy (non-hydrogen) atoms. The van der Waals surface area contributed by atoms with Crippen LogP contribution in [0.25, 0.3) is 0 Å². The third-order valence-corrected chi connectivity index (χ3v) is 4.28. The van der Waals surface area contributed by atoms with E-state index < -0.39 is 5.97 Å². The van der Waals surface area contributed by atoms with Crippen molar-refractivity contribution in [2.75, 3.05) is 26.9 Å². The molecule has 0 radical (unpaired) electrons. The summed E-state index contributed by atoms with van der Waals surface area (Å²) in [6.07, 6.45) is 0. The van der Waals surface area contributed by atoms with Crippen LogP contribution in [0.4, 0.5) is 0 Å². The number of rotatable bonds is 10. The summed E-state index contributed by atoms with van der Waals surface area (Å²) in [5.41, 5.74) is 1.43. The molecule has 1 atom stereocenters. The first-order valence-electron chi connectivity index (χ1n) is 9.70. The lowest BCUT2D eigenvalue weighted by molar-refractivity contribution is -0.124. The van der Waals surface area contributed by atoms with Crippen molar-refractivity contribution in [2.45, 2.75) is 26.7 Å². The lowest BCUT2D eigenvalue weighted by atomic mass is 10.0. The lowest BCUT2D eigenvalue weighted by Gasteiger charge is -2.14. The van der Waals surface area contributed by atoms with Crippen molar-refractivity contribution in [1.82, 2.24) is 5.32 Å². The van der Waals surface area contributed by atoms with Gasteiger partial charge in [-0.3, -0.25) is 4.79 Å². The molecule has 0 saturated heterocycles. The summed E-state index contributed by atoms with van der Waals surface area (Å²) in [6, 6.07) is 14.7. The van der Waals surface area contributed by atoms with E-state index in [2.05, 4.69) is 5.32 Å². The Labute approximate surface area is 172 Å². The van der Waals surface area contributed by atoms with E-state index in [4.69, 9.17) is 14.2 Å². The topological polar surface area (TPSA) is 73.9 Å². The van der Waals surface area contributed by atoms with Crippen LogP contribution >= 0.6 is 0 Å². The second kappa shape index (κ2) is 11.1. The first kappa shape index (κ1) is 22.3. The molecule has 2 aromatic rings. The fraction of sp³-hybridized carbons (Fsp3) is 0.391. The van der Waals surface area contributed by atoms with Gasteiger partial charge in [-0.1, -0.05) is 51.1 Å². The Morgan fingerprint density at radius 3 is 2.38 bits per heavy atom. The second-order valence-electron chi connectivity index (χ2n) is 7.26. The van der Waals surface area contributed by atoms with Gasteiger partial charge in [-0.15, -0.1) is 0 Å². The number of benzene rings is 2. The van der Waals surface area contributed by atoms with Gasteiger partial charge in [-0.25, -0.2) is 4.79 Å². The smallest absolute Gasteiger partial charge is 0.338 e. The number of nitrogens with one attached hydrogen (secondary N) is 1. The summed E-state index contributed by atoms with van der Waals surface area (Å²) in [4.78, 5) is 24.3. The normalized spacial score (nSPS) is 11.6. The van der Waals surface area contributed by atoms with E-state index in [1.54, 1.807) is 18.2 Å². The Morgan fingerprint density at radius 1 is 1.00 bits per heavy atom. The van der Waals surface area contributed by atoms with Gasteiger partial charge in [-0.05, 0) is 35.6 Å². The van der Waals surface area contributed by atoms with E-state index in [-0.39, 0.29) is 18.4 Å². The number of hydrogen-bond acceptors (Lipinski definition) is 5. The highest BCUT2D eigenvalue weighted by atomic mass is 16.5. The second-order valence-corrected chi connectivity index (χ2v) is 7.26. The monoisotopic (exact) mass is 399 g/mol. The zero-order valence-corrected chi connectivity index (χ0v) is 17.4. The number of ether oxygens (including phenoxy) is 3. The van der Waals surface area contributed by atoms with Gasteiger partial charge in [0.15, 0.2) is 18.1 Å². The van der Waals surface area contributed by atoms with Crippen molar-refractivity contribution in [3.63, 3.8) is 0 Å². The van der Waals surface area contributed by atoms with Crippen molar-refractivity contribution in [3.8, 4) is 11.5 Å². The number of carbonyl (C=O) groups excluding carboxylic acids is 2. The third kappa shape index (κ3) is 7.14. The van der Waals surface area contributed by atoms with Crippen LogP contribution in [0.1, 0.15) is 42.6 Å². The molecular weight excluding hydrogens is 370 g/mol. The summed E-state index contributed by atoms with van der Waals surface area (Å²) in [5.74, 6) is 0.604. The van der Waals surface area contributed by atoms with Crippen LogP contribution in [-0.2, 0) is 9.53 Å². The predicted molar refractivity (Wildman–Crippen MR) is 111 cm³/mol. The number of esters is 1. The number of hydrogen-bond donors (Lipinski definition) is 1. The van der Waals surface area contributed by atoms with Crippen LogP contribution in [0.5, 0.6) is 11.5 Å². The first-order valence-corrected chi connectivity index (χ1v) is 9.70. The Balaban J connectivity index is 1.84. The van der Waals surface area contributed by atoms with Crippen LogP contribution in [0.2, 0.25) is 0 Å². The zero-order chi connectivity index (χ0) is 21.2. The first-order chi connectivity index (χ1) is 13.9. The Hall–Kier alpha value is -3.02. The van der Waals surface area contributed by atoms with Crippen molar-refractivity contribution in [3.05, 3.63) is 59.7 Å². The summed E-state index contributed by atoms with van der Waals surface area (Å²) >= 11 is 0. The van der Waals surface area contributed by atoms with Crippen molar-refractivity contribution in [1.29, 1.82) is 0 Å². The largest absolute Gasteiger partial charge is 0.493 e. The van der Waals surface area contributed by atoms with Crippen LogP contribution < -0.4 is 14.8 Å². The van der Waals surface area contributed by atoms with E-state index in [1.807, 2.05) is 51.1 Å². The van der Waals surface area contributed by atoms with Gasteiger partial charge in [0.05, 0.1) is 19.3 Å². The quantitative estimate of drug-likeness (QED) is 0.615. The molecule has 0 fully saturated rings. The maximum Gasteiger partial charge on any atom is 0.338 e. The molecule has 0 saturated carbocycles. The highest BCUT2D eigenvalue weighted by Gasteiger charge is 2.15. The molecule has 0 aliphatic rings. The summed E-state index contributed by atoms with van der Waals surface area (Å²) in [7, 11) is 1.51. The number of amides is 1. The maximum atomic E-state index is 12.3. The standard InChI is InChI=1S/C23H29NO5/c1-16(2)14-28-20-11-10-19(12-21(20)27-4)23(26)29-15-22(25)24-13-17(3)18-8-6-5-7-9-18/h5-12,16-17H,13-15H2,1-4H3,(H,24,25)/t17-/m1/s1. The number of carbonyl (C=O) groups is 2. The lowest BCUT2D eigenvalue weighted by Crippen LogP contribution is -2.31. The minimum Gasteiger partial charge on any atom is -0.493 e. The predicted octanol–water partition coefficient (Wildman–Crippen LogP) is 3.81. The molecule has 0 aliphatic heterocycles. The minimum atomic E-state index is -0.593. The highest BCUT2D eigenvalue weighted by molar-refractivity contribution is 5.92. The summed E-state index contributed by atoms with van der Waals surface area (Å²) < 4.78 is 16.1. The molecule has 156 valence electrons. The fourth-order valence-corrected chi connectivity index (χ4v) is 2.60. The van der Waals surface area contributed by atoms with Gasteiger partial charge < -0.3 is 19.5 Å². The van der Waals surface area contributed by atoms with Crippen molar-refractivity contribution in [2.24, 2.45) is 5.92 Å². The molecule has 0 spiro atoms. The Morgan fingerprint density at radius 2 is 1.72 bits per heavy atom. The van der Waals surface area contributed by atoms with Crippen LogP contribution in [0.15, 0.2) is 48.5 Å². The molecular formula is C23H29NO5. The molecule has 0 aliphatic carbocycles. The van der Waals surface area contributed by atoms with E-state index in [9.17, 15) is 9.59 Å². The van der Waals surface area contributed by atoms with Gasteiger partial charge >= 0.3 is 5.97 Å². The molecule has 0 aromatic heterocycles. The zero-order valence-electron chi connectivity index (χ0n) is 17.4. The molecule has 2 aromatic carbocycles. The average Bonchev–Trinajstić information content (AvgIpc) is 2.74. The highest BCUT2D eigenvalue weighted by Crippen LogP contribution is 2.28. The fourth-order valence-electron chi connectivity index (χ4n) is 2.60. The molecule has 6 heteroatoms. The molecule has 0 unspecified atom stereocenters. The van der Waals surface area contributed by atoms with Gasteiger partial charge in [0, 0.05) is 6.54 Å². The van der Waals surface area contributed by atoms with Crippen LogP contribution in [-0.4, -0.2) is 38.7 Å². The average molecular weight is 399 g/mol. The van der Waals surface area contributed by atoms with E-state index in [1.165, 1.54) is 7.11 Å². The van der Waals surface area contributed by atoms with Crippen LogP contribution in [0.3, 0.4) is 0 Å². The SMILES string of the molecule is COc1cc(C(=O)OCC(=O)NC[C@@H](C)c2ccccc2)ccc1OCC(C)C. The summed E-state index contributed by atoms with van der Waals surface area (Å²) in [6.45, 7) is 6.79. The molecule has 6 nitrogen and oxygen atoms in total. The van der Waals surface area contributed by atoms with Gasteiger partial charge in [0.2, 0.25) is 0 Å². The number of methoxy groups -OCH3 is 1. The molecule has 0 heterocycles. The maximum absolute atomic E-state index is 12.3. The van der Waals surface area contributed by atoms with Gasteiger partial charge in [-0.2, -0.15) is 0 Å². The van der Waals surface area contributed by atoms with Gasteiger partial charge in [0.25, 0.3) is 5.91 Å². The molecule has 1 N–H and O–H groups in total. The third-order valence-electron chi connectivity index (χ3n) is 4.28. The van der Waals surface area contributed by atoms with E-state index >= 15 is 0 Å². The van der Waals surface area contributed by atoms with E-state index in [0.717, 1.165) is 5.56 Å². The van der Waals surface area contributed by atoms with Crippen molar-refractivity contribution >= 4 is 11.9 Å². The Bertz CT molecular complexity index is 804. The molecule has 1 amide bonds. The molecule has 0 bridgehead atoms. The minimum absolute atomic E-state index is 0.165. The molecule has 2 rings (SSSR count). The van der Waals surface area contributed by atoms with Crippen molar-refractivity contribution < 1.29 is 23.8 Å². The Kier molecular flexibility index (Phi) is 8.52. The van der Waals surface area contributed by atoms with E-state index in [0.29, 0.717) is 36.1 Å².